The lowest BCUT2D eigenvalue weighted by Crippen LogP contribution is -2.12. The molecule has 1 amide bonds. The molecular weight excluding hydrogens is 527 g/mol. The number of nitrogens with zero attached hydrogens (tertiary/aromatic N) is 7. The molecule has 12 heteroatoms. The van der Waals surface area contributed by atoms with Gasteiger partial charge >= 0.3 is 0 Å². The average Bonchev–Trinajstić information content (AvgIpc) is 3.53. The van der Waals surface area contributed by atoms with Gasteiger partial charge in [0.1, 0.15) is 11.5 Å². The Bertz CT molecular complexity index is 1520. The number of amides is 1. The Kier molecular flexibility index (Phi) is 5.88. The highest BCUT2D eigenvalue weighted by molar-refractivity contribution is 9.10. The van der Waals surface area contributed by atoms with Crippen LogP contribution >= 0.6 is 27.5 Å². The fourth-order valence-corrected chi connectivity index (χ4v) is 4.20. The highest BCUT2D eigenvalue weighted by Crippen LogP contribution is 2.27. The number of carbonyl (C=O) groups excluding carboxylic acids is 1. The molecule has 0 atom stereocenters. The molecule has 0 bridgehead atoms. The Balaban J connectivity index is 1.37. The number of carbonyl (C=O) groups is 1. The van der Waals surface area contributed by atoms with E-state index in [-0.39, 0.29) is 5.69 Å². The van der Waals surface area contributed by atoms with Crippen LogP contribution in [0.25, 0.3) is 17.0 Å². The second-order valence-corrected chi connectivity index (χ2v) is 8.69. The maximum atomic E-state index is 13.3. The van der Waals surface area contributed by atoms with Crippen LogP contribution in [-0.2, 0) is 13.1 Å². The van der Waals surface area contributed by atoms with E-state index in [2.05, 4.69) is 41.5 Å². The van der Waals surface area contributed by atoms with Crippen LogP contribution < -0.4 is 5.32 Å². The molecule has 1 N–H and O–H groups in total. The lowest BCUT2D eigenvalue weighted by molar-refractivity contribution is 0.102. The van der Waals surface area contributed by atoms with Crippen LogP contribution in [0.3, 0.4) is 0 Å². The Morgan fingerprint density at radius 1 is 1.18 bits per heavy atom. The molecule has 0 saturated heterocycles. The van der Waals surface area contributed by atoms with Gasteiger partial charge in [-0.15, -0.1) is 0 Å². The summed E-state index contributed by atoms with van der Waals surface area (Å²) in [5.41, 5.74) is 3.30. The Labute approximate surface area is 206 Å². The van der Waals surface area contributed by atoms with E-state index in [0.29, 0.717) is 39.9 Å². The number of fused-ring (bicyclic) bond motifs is 1. The molecule has 5 rings (SSSR count). The summed E-state index contributed by atoms with van der Waals surface area (Å²) in [5.74, 6) is -0.813. The third kappa shape index (κ3) is 4.31. The molecule has 4 heterocycles. The van der Waals surface area contributed by atoms with Crippen molar-refractivity contribution < 1.29 is 9.18 Å². The third-order valence-corrected chi connectivity index (χ3v) is 6.04. The minimum Gasteiger partial charge on any atom is -0.318 e. The zero-order chi connectivity index (χ0) is 23.8. The lowest BCUT2D eigenvalue weighted by Gasteiger charge is -2.04. The number of hydrogen-bond donors (Lipinski definition) is 1. The SMILES string of the molecule is CCn1cc(Br)c(-c2ccnc3cc(C(=O)Nc4cnn(Cc5ccc(F)cc5Cl)c4)nn23)n1. The standard InChI is InChI=1S/C22H17BrClFN8O/c1-2-31-12-16(23)21(30-31)19-5-6-26-20-8-18(29-33(19)20)22(34)28-15-9-27-32(11-15)10-13-3-4-14(25)7-17(13)24/h3-9,11-12H,2,10H2,1H3,(H,28,34). The lowest BCUT2D eigenvalue weighted by atomic mass is 10.2. The smallest absolute Gasteiger partial charge is 0.276 e. The number of benzene rings is 1. The highest BCUT2D eigenvalue weighted by Gasteiger charge is 2.18. The molecule has 0 aliphatic carbocycles. The van der Waals surface area contributed by atoms with E-state index < -0.39 is 11.7 Å². The molecular formula is C22H17BrClFN8O. The number of halogens is 3. The molecule has 0 fully saturated rings. The van der Waals surface area contributed by atoms with Crippen LogP contribution in [-0.4, -0.2) is 40.1 Å². The summed E-state index contributed by atoms with van der Waals surface area (Å²) >= 11 is 9.62. The Hall–Kier alpha value is -3.57. The molecule has 0 aliphatic rings. The number of anilines is 1. The maximum Gasteiger partial charge on any atom is 0.276 e. The monoisotopic (exact) mass is 542 g/mol. The van der Waals surface area contributed by atoms with Gasteiger partial charge in [0, 0.05) is 36.2 Å². The fraction of sp³-hybridized carbons (Fsp3) is 0.136. The van der Waals surface area contributed by atoms with Crippen molar-refractivity contribution in [3.63, 3.8) is 0 Å². The van der Waals surface area contributed by atoms with Crippen molar-refractivity contribution in [3.8, 4) is 11.4 Å². The summed E-state index contributed by atoms with van der Waals surface area (Å²) in [6.07, 6.45) is 6.71. The van der Waals surface area contributed by atoms with Crippen LogP contribution in [0, 0.1) is 5.82 Å². The van der Waals surface area contributed by atoms with E-state index in [0.717, 1.165) is 11.0 Å². The van der Waals surface area contributed by atoms with Crippen LogP contribution in [0.4, 0.5) is 10.1 Å². The van der Waals surface area contributed by atoms with Crippen LogP contribution in [0.2, 0.25) is 5.02 Å². The fourth-order valence-electron chi connectivity index (χ4n) is 3.45. The molecule has 0 radical (unpaired) electrons. The molecule has 0 unspecified atom stereocenters. The summed E-state index contributed by atoms with van der Waals surface area (Å²) in [4.78, 5) is 17.2. The van der Waals surface area contributed by atoms with Gasteiger partial charge in [-0.2, -0.15) is 15.3 Å². The minimum absolute atomic E-state index is 0.195. The molecule has 172 valence electrons. The summed E-state index contributed by atoms with van der Waals surface area (Å²) < 4.78 is 19.1. The van der Waals surface area contributed by atoms with E-state index >= 15 is 0 Å². The molecule has 4 aromatic heterocycles. The highest BCUT2D eigenvalue weighted by atomic mass is 79.9. The summed E-state index contributed by atoms with van der Waals surface area (Å²) in [5, 5.41) is 16.3. The normalized spacial score (nSPS) is 11.3. The predicted molar refractivity (Wildman–Crippen MR) is 128 cm³/mol. The summed E-state index contributed by atoms with van der Waals surface area (Å²) in [6, 6.07) is 7.58. The maximum absolute atomic E-state index is 13.3. The van der Waals surface area contributed by atoms with Crippen molar-refractivity contribution in [1.82, 2.24) is 34.2 Å². The number of nitrogens with one attached hydrogen (secondary N) is 1. The minimum atomic E-state index is -0.408. The van der Waals surface area contributed by atoms with Crippen molar-refractivity contribution in [1.29, 1.82) is 0 Å². The van der Waals surface area contributed by atoms with Crippen LogP contribution in [0.5, 0.6) is 0 Å². The summed E-state index contributed by atoms with van der Waals surface area (Å²) in [7, 11) is 0. The predicted octanol–water partition coefficient (Wildman–Crippen LogP) is 4.66. The van der Waals surface area contributed by atoms with Gasteiger partial charge < -0.3 is 5.32 Å². The zero-order valence-corrected chi connectivity index (χ0v) is 20.1. The van der Waals surface area contributed by atoms with Gasteiger partial charge in [0.15, 0.2) is 11.3 Å². The molecule has 0 spiro atoms. The number of hydrogen-bond acceptors (Lipinski definition) is 5. The van der Waals surface area contributed by atoms with Gasteiger partial charge in [-0.25, -0.2) is 13.9 Å². The Morgan fingerprint density at radius 2 is 2.03 bits per heavy atom. The first-order valence-electron chi connectivity index (χ1n) is 10.3. The van der Waals surface area contributed by atoms with E-state index in [9.17, 15) is 9.18 Å². The zero-order valence-electron chi connectivity index (χ0n) is 17.8. The first-order valence-corrected chi connectivity index (χ1v) is 11.4. The molecule has 5 aromatic rings. The molecule has 0 saturated carbocycles. The van der Waals surface area contributed by atoms with Crippen molar-refractivity contribution in [3.05, 3.63) is 81.7 Å². The largest absolute Gasteiger partial charge is 0.318 e. The summed E-state index contributed by atoms with van der Waals surface area (Å²) in [6.45, 7) is 3.05. The molecule has 1 aromatic carbocycles. The molecule has 34 heavy (non-hydrogen) atoms. The van der Waals surface area contributed by atoms with E-state index in [1.165, 1.54) is 18.3 Å². The van der Waals surface area contributed by atoms with Crippen LogP contribution in [0.15, 0.2) is 59.6 Å². The Morgan fingerprint density at radius 3 is 2.79 bits per heavy atom. The molecule has 9 nitrogen and oxygen atoms in total. The topological polar surface area (TPSA) is 94.9 Å². The number of aryl methyl sites for hydroxylation is 1. The average molecular weight is 544 g/mol. The second-order valence-electron chi connectivity index (χ2n) is 7.43. The van der Waals surface area contributed by atoms with Crippen molar-refractivity contribution >= 4 is 44.8 Å². The van der Waals surface area contributed by atoms with E-state index in [1.807, 2.05) is 13.1 Å². The van der Waals surface area contributed by atoms with Gasteiger partial charge in [-0.05, 0) is 46.6 Å². The second kappa shape index (κ2) is 8.99. The number of rotatable bonds is 6. The third-order valence-electron chi connectivity index (χ3n) is 5.11. The molecule has 0 aliphatic heterocycles. The quantitative estimate of drug-likeness (QED) is 0.336. The van der Waals surface area contributed by atoms with Gasteiger partial charge in [0.25, 0.3) is 5.91 Å². The van der Waals surface area contributed by atoms with Gasteiger partial charge in [0.05, 0.1) is 28.6 Å². The van der Waals surface area contributed by atoms with Gasteiger partial charge in [0.2, 0.25) is 0 Å². The van der Waals surface area contributed by atoms with Crippen molar-refractivity contribution in [2.75, 3.05) is 5.32 Å². The van der Waals surface area contributed by atoms with E-state index in [4.69, 9.17) is 11.6 Å². The van der Waals surface area contributed by atoms with E-state index in [1.54, 1.807) is 44.5 Å². The van der Waals surface area contributed by atoms with Crippen molar-refractivity contribution in [2.24, 2.45) is 0 Å². The first-order chi connectivity index (χ1) is 16.4. The first kappa shape index (κ1) is 22.2. The van der Waals surface area contributed by atoms with Gasteiger partial charge in [-0.3, -0.25) is 14.2 Å². The van der Waals surface area contributed by atoms with Gasteiger partial charge in [-0.1, -0.05) is 17.7 Å². The number of aromatic nitrogens is 7. The van der Waals surface area contributed by atoms with Crippen molar-refractivity contribution in [2.45, 2.75) is 20.0 Å². The van der Waals surface area contributed by atoms with Crippen LogP contribution in [0.1, 0.15) is 23.0 Å².